The molecule has 0 aliphatic carbocycles. The van der Waals surface area contributed by atoms with Crippen molar-refractivity contribution in [2.75, 3.05) is 13.2 Å². The van der Waals surface area contributed by atoms with Crippen molar-refractivity contribution in [2.24, 2.45) is 0 Å². The zero-order valence-corrected chi connectivity index (χ0v) is 23.8. The van der Waals surface area contributed by atoms with Crippen LogP contribution in [0.4, 0.5) is 4.79 Å². The van der Waals surface area contributed by atoms with Crippen molar-refractivity contribution in [3.05, 3.63) is 96.6 Å². The first kappa shape index (κ1) is 27.8. The largest absolute Gasteiger partial charge is 0.447 e. The lowest BCUT2D eigenvalue weighted by molar-refractivity contribution is -0.129. The molecule has 0 bridgehead atoms. The second-order valence-electron chi connectivity index (χ2n) is 11.0. The molecule has 200 valence electrons. The molecule has 6 heteroatoms. The summed E-state index contributed by atoms with van der Waals surface area (Å²) in [6.07, 6.45) is 2.85. The lowest BCUT2D eigenvalue weighted by Crippen LogP contribution is -2.66. The molecule has 2 amide bonds. The quantitative estimate of drug-likeness (QED) is 0.236. The molecule has 1 heterocycles. The topological polar surface area (TPSA) is 55.8 Å². The third-order valence-corrected chi connectivity index (χ3v) is 12.4. The molecule has 5 nitrogen and oxygen atoms in total. The Morgan fingerprint density at radius 2 is 1.42 bits per heavy atom. The third kappa shape index (κ3) is 6.25. The van der Waals surface area contributed by atoms with Gasteiger partial charge in [0.05, 0.1) is 6.04 Å². The van der Waals surface area contributed by atoms with E-state index in [1.54, 1.807) is 0 Å². The summed E-state index contributed by atoms with van der Waals surface area (Å²) in [4.78, 5) is 26.6. The summed E-state index contributed by atoms with van der Waals surface area (Å²) in [6.45, 7) is 7.71. The number of carbonyl (C=O) groups is 2. The van der Waals surface area contributed by atoms with Crippen LogP contribution in [0.5, 0.6) is 0 Å². The SMILES string of the molecule is CC(C)(C)[Si](OCCCCCC(=O)N1C(=O)OC[C@@H]1Cc1ccccc1)(c1ccccc1)c1ccccc1. The molecule has 4 rings (SSSR count). The molecular weight excluding hydrogens is 490 g/mol. The Bertz CT molecular complexity index is 1140. The lowest BCUT2D eigenvalue weighted by Gasteiger charge is -2.43. The fourth-order valence-electron chi connectivity index (χ4n) is 5.46. The number of ether oxygens (including phenoxy) is 1. The zero-order chi connectivity index (χ0) is 27.0. The maximum absolute atomic E-state index is 13.0. The van der Waals surface area contributed by atoms with Crippen molar-refractivity contribution in [2.45, 2.75) is 64.0 Å². The van der Waals surface area contributed by atoms with Crippen molar-refractivity contribution >= 4 is 30.7 Å². The van der Waals surface area contributed by atoms with Gasteiger partial charge in [0.15, 0.2) is 0 Å². The highest BCUT2D eigenvalue weighted by atomic mass is 28.4. The van der Waals surface area contributed by atoms with Gasteiger partial charge in [-0.1, -0.05) is 118 Å². The van der Waals surface area contributed by atoms with Gasteiger partial charge in [0.25, 0.3) is 8.32 Å². The fraction of sp³-hybridized carbons (Fsp3) is 0.375. The van der Waals surface area contributed by atoms with Crippen LogP contribution in [0.3, 0.4) is 0 Å². The number of hydrogen-bond donors (Lipinski definition) is 0. The molecule has 1 saturated heterocycles. The molecule has 1 atom stereocenters. The minimum atomic E-state index is -2.54. The van der Waals surface area contributed by atoms with Crippen LogP contribution >= 0.6 is 0 Å². The van der Waals surface area contributed by atoms with E-state index < -0.39 is 14.4 Å². The molecule has 0 aromatic heterocycles. The first-order valence-corrected chi connectivity index (χ1v) is 15.5. The third-order valence-electron chi connectivity index (χ3n) is 7.31. The van der Waals surface area contributed by atoms with Gasteiger partial charge in [-0.15, -0.1) is 0 Å². The van der Waals surface area contributed by atoms with E-state index in [4.69, 9.17) is 9.16 Å². The number of rotatable bonds is 11. The Hall–Kier alpha value is -3.22. The second kappa shape index (κ2) is 12.5. The summed E-state index contributed by atoms with van der Waals surface area (Å²) in [5.74, 6) is -0.152. The number of unbranched alkanes of at least 4 members (excludes halogenated alkanes) is 2. The summed E-state index contributed by atoms with van der Waals surface area (Å²) in [5, 5.41) is 2.48. The molecule has 0 spiro atoms. The highest BCUT2D eigenvalue weighted by Crippen LogP contribution is 2.36. The van der Waals surface area contributed by atoms with Gasteiger partial charge in [-0.25, -0.2) is 9.69 Å². The van der Waals surface area contributed by atoms with Crippen LogP contribution in [0.15, 0.2) is 91.0 Å². The first-order chi connectivity index (χ1) is 18.3. The van der Waals surface area contributed by atoms with Crippen LogP contribution in [-0.4, -0.2) is 44.5 Å². The van der Waals surface area contributed by atoms with Gasteiger partial charge < -0.3 is 9.16 Å². The van der Waals surface area contributed by atoms with Gasteiger partial charge in [0.1, 0.15) is 6.61 Å². The number of nitrogens with zero attached hydrogens (tertiary/aromatic N) is 1. The molecule has 0 unspecified atom stereocenters. The number of imide groups is 1. The van der Waals surface area contributed by atoms with Gasteiger partial charge in [-0.2, -0.15) is 0 Å². The van der Waals surface area contributed by atoms with Gasteiger partial charge >= 0.3 is 6.09 Å². The first-order valence-electron chi connectivity index (χ1n) is 13.6. The summed E-state index contributed by atoms with van der Waals surface area (Å²) in [7, 11) is -2.54. The van der Waals surface area contributed by atoms with Crippen molar-refractivity contribution in [1.29, 1.82) is 0 Å². The molecule has 0 N–H and O–H groups in total. The number of cyclic esters (lactones) is 1. The van der Waals surface area contributed by atoms with Crippen LogP contribution in [0, 0.1) is 0 Å². The van der Waals surface area contributed by atoms with Crippen molar-refractivity contribution in [1.82, 2.24) is 4.90 Å². The predicted octanol–water partition coefficient (Wildman–Crippen LogP) is 5.71. The van der Waals surface area contributed by atoms with E-state index >= 15 is 0 Å². The number of benzene rings is 3. The molecule has 0 saturated carbocycles. The smallest absolute Gasteiger partial charge is 0.416 e. The molecule has 1 aliphatic rings. The minimum Gasteiger partial charge on any atom is -0.447 e. The predicted molar refractivity (Wildman–Crippen MR) is 154 cm³/mol. The Morgan fingerprint density at radius 3 is 1.97 bits per heavy atom. The van der Waals surface area contributed by atoms with Crippen LogP contribution in [0.1, 0.15) is 52.0 Å². The Kier molecular flexibility index (Phi) is 9.18. The van der Waals surface area contributed by atoms with Crippen molar-refractivity contribution < 1.29 is 18.8 Å². The normalized spacial score (nSPS) is 15.9. The summed E-state index contributed by atoms with van der Waals surface area (Å²) >= 11 is 0. The molecule has 1 aliphatic heterocycles. The highest BCUT2D eigenvalue weighted by molar-refractivity contribution is 6.99. The van der Waals surface area contributed by atoms with Crippen LogP contribution in [-0.2, 0) is 20.4 Å². The molecule has 0 radical (unpaired) electrons. The van der Waals surface area contributed by atoms with E-state index in [9.17, 15) is 9.59 Å². The molecule has 3 aromatic rings. The molecule has 1 fully saturated rings. The van der Waals surface area contributed by atoms with E-state index in [0.29, 0.717) is 25.9 Å². The average Bonchev–Trinajstić information content (AvgIpc) is 3.28. The minimum absolute atomic E-state index is 0.0600. The van der Waals surface area contributed by atoms with E-state index in [0.717, 1.165) is 18.4 Å². The van der Waals surface area contributed by atoms with E-state index in [2.05, 4.69) is 69.3 Å². The van der Waals surface area contributed by atoms with Gasteiger partial charge in [-0.3, -0.25) is 4.79 Å². The average molecular weight is 530 g/mol. The summed E-state index contributed by atoms with van der Waals surface area (Å²) < 4.78 is 12.2. The number of hydrogen-bond acceptors (Lipinski definition) is 4. The van der Waals surface area contributed by atoms with Crippen molar-refractivity contribution in [3.63, 3.8) is 0 Å². The van der Waals surface area contributed by atoms with Gasteiger partial charge in [-0.05, 0) is 40.2 Å². The Morgan fingerprint density at radius 1 is 0.868 bits per heavy atom. The lowest BCUT2D eigenvalue weighted by atomic mass is 10.1. The van der Waals surface area contributed by atoms with Crippen LogP contribution in [0.25, 0.3) is 0 Å². The van der Waals surface area contributed by atoms with E-state index in [1.165, 1.54) is 15.3 Å². The number of amides is 2. The Labute approximate surface area is 227 Å². The highest BCUT2D eigenvalue weighted by Gasteiger charge is 2.50. The standard InChI is InChI=1S/C32H39NO4Si/c1-32(2,3)38(28-18-10-5-11-19-28,29-20-12-6-13-21-29)37-23-15-7-14-22-30(34)33-27(25-36-31(33)35)24-26-16-8-4-9-17-26/h4-6,8-13,16-21,27H,7,14-15,22-25H2,1-3H3/t27-/m0/s1. The van der Waals surface area contributed by atoms with Crippen molar-refractivity contribution in [3.8, 4) is 0 Å². The van der Waals surface area contributed by atoms with E-state index in [-0.39, 0.29) is 23.6 Å². The summed E-state index contributed by atoms with van der Waals surface area (Å²) in [5.41, 5.74) is 1.09. The second-order valence-corrected chi connectivity index (χ2v) is 15.3. The molecule has 38 heavy (non-hydrogen) atoms. The van der Waals surface area contributed by atoms with Crippen LogP contribution in [0.2, 0.25) is 5.04 Å². The van der Waals surface area contributed by atoms with Gasteiger partial charge in [0.2, 0.25) is 5.91 Å². The zero-order valence-electron chi connectivity index (χ0n) is 22.8. The van der Waals surface area contributed by atoms with Crippen LogP contribution < -0.4 is 10.4 Å². The maximum atomic E-state index is 13.0. The molecular formula is C32H39NO4Si. The molecule has 3 aromatic carbocycles. The Balaban J connectivity index is 1.34. The maximum Gasteiger partial charge on any atom is 0.416 e. The fourth-order valence-corrected chi connectivity index (χ4v) is 10.1. The number of carbonyl (C=O) groups excluding carboxylic acids is 2. The van der Waals surface area contributed by atoms with E-state index in [1.807, 2.05) is 42.5 Å². The summed E-state index contributed by atoms with van der Waals surface area (Å²) in [6, 6.07) is 30.9. The van der Waals surface area contributed by atoms with Gasteiger partial charge in [0, 0.05) is 13.0 Å². The monoisotopic (exact) mass is 529 g/mol.